The molecular weight excluding hydrogens is 541 g/mol. The van der Waals surface area contributed by atoms with E-state index in [2.05, 4.69) is 37.9 Å². The predicted octanol–water partition coefficient (Wildman–Crippen LogP) is 8.78. The van der Waals surface area contributed by atoms with Crippen LogP contribution in [0.5, 0.6) is 0 Å². The number of rotatable bonds is 4. The van der Waals surface area contributed by atoms with Crippen LogP contribution < -0.4 is 0 Å². The molecule has 32 heavy (non-hydrogen) atoms. The van der Waals surface area contributed by atoms with Crippen molar-refractivity contribution in [3.05, 3.63) is 129 Å². The molecule has 1 aliphatic carbocycles. The number of hydrogen-bond donors (Lipinski definition) is 0. The lowest BCUT2D eigenvalue weighted by atomic mass is 9.83. The van der Waals surface area contributed by atoms with Gasteiger partial charge >= 0.3 is 0 Å². The zero-order chi connectivity index (χ0) is 22.8. The highest BCUT2D eigenvalue weighted by Gasteiger charge is 2.20. The van der Waals surface area contributed by atoms with Crippen LogP contribution in [0.3, 0.4) is 0 Å². The van der Waals surface area contributed by atoms with Crippen LogP contribution in [-0.4, -0.2) is 4.83 Å². The van der Waals surface area contributed by atoms with Crippen molar-refractivity contribution in [1.29, 1.82) is 0 Å². The van der Waals surface area contributed by atoms with Gasteiger partial charge in [0, 0.05) is 15.4 Å². The Kier molecular flexibility index (Phi) is 6.87. The van der Waals surface area contributed by atoms with Gasteiger partial charge in [-0.15, -0.1) is 0 Å². The zero-order valence-corrected chi connectivity index (χ0v) is 20.4. The van der Waals surface area contributed by atoms with E-state index >= 15 is 0 Å². The molecule has 0 heterocycles. The zero-order valence-electron chi connectivity index (χ0n) is 17.2. The molecule has 0 fully saturated rings. The number of allylic oxidation sites excluding steroid dienone is 5. The molecule has 5 heteroatoms. The summed E-state index contributed by atoms with van der Waals surface area (Å²) in [5.41, 5.74) is 4.78. The van der Waals surface area contributed by atoms with Gasteiger partial charge in [-0.3, -0.25) is 0 Å². The number of halogens is 5. The molecule has 1 aliphatic rings. The minimum Gasteiger partial charge on any atom is -0.207 e. The molecule has 0 radical (unpaired) electrons. The predicted molar refractivity (Wildman–Crippen MR) is 132 cm³/mol. The van der Waals surface area contributed by atoms with Crippen LogP contribution in [0, 0.1) is 24.4 Å². The van der Waals surface area contributed by atoms with Crippen molar-refractivity contribution in [2.75, 3.05) is 0 Å². The van der Waals surface area contributed by atoms with Gasteiger partial charge in [-0.1, -0.05) is 68.3 Å². The molecule has 0 bridgehead atoms. The third-order valence-corrected chi connectivity index (χ3v) is 6.41. The Balaban J connectivity index is 2.11. The van der Waals surface area contributed by atoms with Crippen LogP contribution in [0.1, 0.15) is 28.7 Å². The van der Waals surface area contributed by atoms with E-state index in [0.717, 1.165) is 39.2 Å². The fourth-order valence-electron chi connectivity index (χ4n) is 3.89. The summed E-state index contributed by atoms with van der Waals surface area (Å²) >= 11 is 7.03. The summed E-state index contributed by atoms with van der Waals surface area (Å²) in [7, 11) is 0. The Labute approximate surface area is 202 Å². The molecule has 0 nitrogen and oxygen atoms in total. The highest BCUT2D eigenvalue weighted by molar-refractivity contribution is 9.10. The van der Waals surface area contributed by atoms with Gasteiger partial charge in [-0.2, -0.15) is 0 Å². The second kappa shape index (κ2) is 9.63. The summed E-state index contributed by atoms with van der Waals surface area (Å²) in [4.78, 5) is 0.199. The van der Waals surface area contributed by atoms with Gasteiger partial charge in [-0.05, 0) is 88.7 Å². The summed E-state index contributed by atoms with van der Waals surface area (Å²) in [5, 5.41) is 0. The number of benzene rings is 3. The van der Waals surface area contributed by atoms with Crippen molar-refractivity contribution in [3.63, 3.8) is 0 Å². The van der Waals surface area contributed by atoms with Crippen LogP contribution >= 0.6 is 31.9 Å². The third-order valence-electron chi connectivity index (χ3n) is 5.20. The number of alkyl halides is 1. The van der Waals surface area contributed by atoms with Crippen molar-refractivity contribution in [3.8, 4) is 0 Å². The fraction of sp³-hybridized carbons (Fsp3) is 0.111. The van der Waals surface area contributed by atoms with E-state index in [9.17, 15) is 13.2 Å². The summed E-state index contributed by atoms with van der Waals surface area (Å²) < 4.78 is 43.9. The molecule has 0 N–H and O–H groups in total. The minimum absolute atomic E-state index is 0.199. The second-order valence-corrected chi connectivity index (χ2v) is 9.79. The van der Waals surface area contributed by atoms with E-state index in [0.29, 0.717) is 16.7 Å². The Bertz CT molecular complexity index is 1210. The third kappa shape index (κ3) is 5.16. The molecule has 3 aromatic rings. The van der Waals surface area contributed by atoms with Gasteiger partial charge in [0.05, 0.1) is 0 Å². The Hall–Kier alpha value is -2.37. The lowest BCUT2D eigenvalue weighted by Gasteiger charge is -2.21. The van der Waals surface area contributed by atoms with E-state index in [1.54, 1.807) is 0 Å². The first-order valence-corrected chi connectivity index (χ1v) is 11.8. The molecular formula is C27H19Br2F3. The molecule has 0 saturated carbocycles. The first-order chi connectivity index (χ1) is 15.3. The smallest absolute Gasteiger partial charge is 0.126 e. The molecule has 1 unspecified atom stereocenters. The highest BCUT2D eigenvalue weighted by Crippen LogP contribution is 2.40. The molecule has 0 spiro atoms. The van der Waals surface area contributed by atoms with E-state index in [1.807, 2.05) is 49.4 Å². The first-order valence-electron chi connectivity index (χ1n) is 10.1. The van der Waals surface area contributed by atoms with Crippen molar-refractivity contribution in [2.45, 2.75) is 18.2 Å². The van der Waals surface area contributed by atoms with Gasteiger partial charge in [0.15, 0.2) is 0 Å². The van der Waals surface area contributed by atoms with Crippen molar-refractivity contribution in [2.24, 2.45) is 0 Å². The maximum Gasteiger partial charge on any atom is 0.126 e. The second-order valence-electron chi connectivity index (χ2n) is 7.70. The molecule has 4 rings (SSSR count). The van der Waals surface area contributed by atoms with E-state index < -0.39 is 11.6 Å². The van der Waals surface area contributed by atoms with Crippen molar-refractivity contribution >= 4 is 43.0 Å². The summed E-state index contributed by atoms with van der Waals surface area (Å²) in [5.74, 6) is -1.70. The summed E-state index contributed by atoms with van der Waals surface area (Å²) in [6, 6.07) is 15.8. The van der Waals surface area contributed by atoms with Crippen LogP contribution in [0.2, 0.25) is 0 Å². The van der Waals surface area contributed by atoms with Crippen molar-refractivity contribution in [1.82, 2.24) is 0 Å². The van der Waals surface area contributed by atoms with E-state index in [-0.39, 0.29) is 10.6 Å². The molecule has 1 atom stereocenters. The minimum atomic E-state index is -0.668. The number of aryl methyl sites for hydroxylation is 1. The number of hydrogen-bond acceptors (Lipinski definition) is 0. The monoisotopic (exact) mass is 558 g/mol. The molecule has 3 aromatic carbocycles. The van der Waals surface area contributed by atoms with Crippen molar-refractivity contribution < 1.29 is 13.2 Å². The van der Waals surface area contributed by atoms with Gasteiger partial charge in [0.1, 0.15) is 17.5 Å². The van der Waals surface area contributed by atoms with Crippen LogP contribution in [0.25, 0.3) is 11.1 Å². The quantitative estimate of drug-likeness (QED) is 0.221. The van der Waals surface area contributed by atoms with Gasteiger partial charge in [0.2, 0.25) is 0 Å². The maximum absolute atomic E-state index is 14.5. The largest absolute Gasteiger partial charge is 0.207 e. The van der Waals surface area contributed by atoms with E-state index in [4.69, 9.17) is 0 Å². The first kappa shape index (κ1) is 22.8. The standard InChI is InChI=1S/C27H19Br2F3/c1-16-10-19(12-23(30)11-16)26(17-2-6-21(28)7-3-17)27(18-4-8-22(29)9-5-18)20-13-24(31)15-25(32)14-20/h2-6,8-15,21H,7H2,1H3/b27-26+. The van der Waals surface area contributed by atoms with Gasteiger partial charge < -0.3 is 0 Å². The lowest BCUT2D eigenvalue weighted by Crippen LogP contribution is -2.03. The Morgan fingerprint density at radius 3 is 1.94 bits per heavy atom. The van der Waals surface area contributed by atoms with Crippen LogP contribution in [-0.2, 0) is 0 Å². The normalized spacial score (nSPS) is 16.6. The molecule has 0 aromatic heterocycles. The summed E-state index contributed by atoms with van der Waals surface area (Å²) in [6.45, 7) is 1.82. The van der Waals surface area contributed by atoms with Crippen LogP contribution in [0.4, 0.5) is 13.2 Å². The topological polar surface area (TPSA) is 0 Å². The lowest BCUT2D eigenvalue weighted by molar-refractivity contribution is 0.582. The fourth-order valence-corrected chi connectivity index (χ4v) is 4.49. The van der Waals surface area contributed by atoms with Gasteiger partial charge in [0.25, 0.3) is 0 Å². The highest BCUT2D eigenvalue weighted by atomic mass is 79.9. The molecule has 0 aliphatic heterocycles. The maximum atomic E-state index is 14.5. The van der Waals surface area contributed by atoms with Crippen LogP contribution in [0.15, 0.2) is 88.9 Å². The Morgan fingerprint density at radius 1 is 0.781 bits per heavy atom. The molecule has 0 amide bonds. The summed E-state index contributed by atoms with van der Waals surface area (Å²) in [6.07, 6.45) is 6.79. The average molecular weight is 560 g/mol. The van der Waals surface area contributed by atoms with Gasteiger partial charge in [-0.25, -0.2) is 13.2 Å². The molecule has 162 valence electrons. The molecule has 0 saturated heterocycles. The average Bonchev–Trinajstić information content (AvgIpc) is 2.72. The Morgan fingerprint density at radius 2 is 1.38 bits per heavy atom. The van der Waals surface area contributed by atoms with E-state index in [1.165, 1.54) is 24.3 Å². The SMILES string of the molecule is Cc1cc(F)cc(/C(C2=CCC(Br)C=C2)=C(\c2ccc(Br)cc2)c2cc(F)cc(F)c2)c1.